The fourth-order valence-electron chi connectivity index (χ4n) is 2.03. The Balaban J connectivity index is 1.90. The monoisotopic (exact) mass is 202 g/mol. The van der Waals surface area contributed by atoms with Crippen LogP contribution in [0.25, 0.3) is 0 Å². The summed E-state index contributed by atoms with van der Waals surface area (Å²) in [5, 5.41) is 0. The Labute approximate surface area is 93.7 Å². The van der Waals surface area contributed by atoms with Gasteiger partial charge in [-0.25, -0.2) is 0 Å². The van der Waals surface area contributed by atoms with Crippen LogP contribution in [0.4, 0.5) is 0 Å². The van der Waals surface area contributed by atoms with Gasteiger partial charge >= 0.3 is 0 Å². The molecule has 0 nitrogen and oxygen atoms in total. The van der Waals surface area contributed by atoms with Crippen LogP contribution in [-0.4, -0.2) is 0 Å². The van der Waals surface area contributed by atoms with Crippen LogP contribution in [0, 0.1) is 5.92 Å². The molecule has 1 aromatic rings. The molecule has 0 radical (unpaired) electrons. The van der Waals surface area contributed by atoms with E-state index in [1.165, 1.54) is 43.2 Å². The summed E-state index contributed by atoms with van der Waals surface area (Å²) in [6, 6.07) is 9.28. The second-order valence-electron chi connectivity index (χ2n) is 5.03. The molecule has 0 bridgehead atoms. The molecule has 0 aromatic heterocycles. The lowest BCUT2D eigenvalue weighted by molar-refractivity contribution is 0.720. The number of aryl methyl sites for hydroxylation is 1. The Bertz CT molecular complexity index is 292. The molecule has 0 heterocycles. The van der Waals surface area contributed by atoms with E-state index in [0.717, 1.165) is 5.92 Å². The van der Waals surface area contributed by atoms with Crippen molar-refractivity contribution in [3.8, 4) is 0 Å². The van der Waals surface area contributed by atoms with E-state index in [0.29, 0.717) is 5.92 Å². The first-order valence-electron chi connectivity index (χ1n) is 6.38. The molecular weight excluding hydrogens is 180 g/mol. The normalized spacial score (nSPS) is 17.7. The van der Waals surface area contributed by atoms with Gasteiger partial charge in [0, 0.05) is 0 Å². The van der Waals surface area contributed by atoms with Gasteiger partial charge in [-0.2, -0.15) is 0 Å². The van der Waals surface area contributed by atoms with Crippen LogP contribution in [0.15, 0.2) is 24.3 Å². The third-order valence-corrected chi connectivity index (χ3v) is 3.70. The fraction of sp³-hybridized carbons (Fsp3) is 0.600. The molecule has 1 atom stereocenters. The summed E-state index contributed by atoms with van der Waals surface area (Å²) in [6.07, 6.45) is 6.88. The van der Waals surface area contributed by atoms with Gasteiger partial charge in [0.25, 0.3) is 0 Å². The molecule has 1 fully saturated rings. The van der Waals surface area contributed by atoms with Crippen molar-refractivity contribution >= 4 is 0 Å². The number of hydrogen-bond acceptors (Lipinski definition) is 0. The van der Waals surface area contributed by atoms with Crippen molar-refractivity contribution < 1.29 is 0 Å². The van der Waals surface area contributed by atoms with Crippen molar-refractivity contribution in [2.75, 3.05) is 0 Å². The number of benzene rings is 1. The predicted molar refractivity (Wildman–Crippen MR) is 66.2 cm³/mol. The van der Waals surface area contributed by atoms with Crippen LogP contribution in [0.5, 0.6) is 0 Å². The van der Waals surface area contributed by atoms with Crippen molar-refractivity contribution in [1.82, 2.24) is 0 Å². The standard InChI is InChI=1S/C15H22/c1-3-12(2)15-10-8-14(9-11-15)7-6-13-4-5-13/h8-13H,3-7H2,1-2H3. The highest BCUT2D eigenvalue weighted by molar-refractivity contribution is 5.25. The minimum atomic E-state index is 0.711. The summed E-state index contributed by atoms with van der Waals surface area (Å²) in [5.41, 5.74) is 3.02. The molecule has 1 saturated carbocycles. The predicted octanol–water partition coefficient (Wildman–Crippen LogP) is 4.54. The molecule has 0 heteroatoms. The van der Waals surface area contributed by atoms with Gasteiger partial charge in [-0.05, 0) is 42.2 Å². The molecule has 0 spiro atoms. The van der Waals surface area contributed by atoms with Crippen LogP contribution in [0.2, 0.25) is 0 Å². The molecular formula is C15H22. The van der Waals surface area contributed by atoms with Crippen molar-refractivity contribution in [3.05, 3.63) is 35.4 Å². The van der Waals surface area contributed by atoms with Crippen LogP contribution in [0.3, 0.4) is 0 Å². The largest absolute Gasteiger partial charge is 0.0648 e. The van der Waals surface area contributed by atoms with Gasteiger partial charge in [0.1, 0.15) is 0 Å². The molecule has 0 saturated heterocycles. The lowest BCUT2D eigenvalue weighted by Gasteiger charge is -2.09. The average molecular weight is 202 g/mol. The van der Waals surface area contributed by atoms with Gasteiger partial charge in [-0.1, -0.05) is 51.0 Å². The summed E-state index contributed by atoms with van der Waals surface area (Å²) >= 11 is 0. The van der Waals surface area contributed by atoms with Crippen molar-refractivity contribution in [2.45, 2.75) is 51.9 Å². The molecule has 0 aliphatic heterocycles. The van der Waals surface area contributed by atoms with Gasteiger partial charge in [0.2, 0.25) is 0 Å². The topological polar surface area (TPSA) is 0 Å². The quantitative estimate of drug-likeness (QED) is 0.657. The van der Waals surface area contributed by atoms with Gasteiger partial charge in [-0.3, -0.25) is 0 Å². The van der Waals surface area contributed by atoms with E-state index in [2.05, 4.69) is 38.1 Å². The minimum Gasteiger partial charge on any atom is -0.0648 e. The highest BCUT2D eigenvalue weighted by atomic mass is 14.3. The SMILES string of the molecule is CCC(C)c1ccc(CCC2CC2)cc1. The van der Waals surface area contributed by atoms with Crippen LogP contribution in [0.1, 0.15) is 56.6 Å². The maximum absolute atomic E-state index is 2.32. The number of hydrogen-bond donors (Lipinski definition) is 0. The Morgan fingerprint density at radius 1 is 1.20 bits per heavy atom. The van der Waals surface area contributed by atoms with E-state index in [-0.39, 0.29) is 0 Å². The summed E-state index contributed by atoms with van der Waals surface area (Å²) in [6.45, 7) is 4.56. The summed E-state index contributed by atoms with van der Waals surface area (Å²) in [5.74, 6) is 1.77. The van der Waals surface area contributed by atoms with E-state index in [9.17, 15) is 0 Å². The molecule has 82 valence electrons. The van der Waals surface area contributed by atoms with Crippen molar-refractivity contribution in [3.63, 3.8) is 0 Å². The second-order valence-corrected chi connectivity index (χ2v) is 5.03. The van der Waals surface area contributed by atoms with Gasteiger partial charge in [0.15, 0.2) is 0 Å². The molecule has 1 aromatic carbocycles. The van der Waals surface area contributed by atoms with E-state index < -0.39 is 0 Å². The minimum absolute atomic E-state index is 0.711. The maximum Gasteiger partial charge on any atom is -0.0193 e. The smallest absolute Gasteiger partial charge is 0.0193 e. The number of rotatable bonds is 5. The third-order valence-electron chi connectivity index (χ3n) is 3.70. The Morgan fingerprint density at radius 3 is 2.40 bits per heavy atom. The molecule has 15 heavy (non-hydrogen) atoms. The lowest BCUT2D eigenvalue weighted by Crippen LogP contribution is -1.92. The van der Waals surface area contributed by atoms with Crippen LogP contribution in [-0.2, 0) is 6.42 Å². The first-order chi connectivity index (χ1) is 7.29. The average Bonchev–Trinajstić information content (AvgIpc) is 3.10. The molecule has 0 N–H and O–H groups in total. The Kier molecular flexibility index (Phi) is 3.45. The first-order valence-corrected chi connectivity index (χ1v) is 6.38. The Hall–Kier alpha value is -0.780. The second kappa shape index (κ2) is 4.83. The Morgan fingerprint density at radius 2 is 1.87 bits per heavy atom. The summed E-state index contributed by atoms with van der Waals surface area (Å²) < 4.78 is 0. The van der Waals surface area contributed by atoms with Crippen LogP contribution >= 0.6 is 0 Å². The van der Waals surface area contributed by atoms with Gasteiger partial charge in [0.05, 0.1) is 0 Å². The zero-order valence-corrected chi connectivity index (χ0v) is 10.00. The van der Waals surface area contributed by atoms with Gasteiger partial charge in [-0.15, -0.1) is 0 Å². The first kappa shape index (κ1) is 10.7. The molecule has 1 aliphatic carbocycles. The highest BCUT2D eigenvalue weighted by Crippen LogP contribution is 2.33. The molecule has 1 unspecified atom stereocenters. The maximum atomic E-state index is 2.32. The van der Waals surface area contributed by atoms with Crippen molar-refractivity contribution in [1.29, 1.82) is 0 Å². The van der Waals surface area contributed by atoms with E-state index in [1.807, 2.05) is 0 Å². The lowest BCUT2D eigenvalue weighted by atomic mass is 9.96. The molecule has 2 rings (SSSR count). The fourth-order valence-corrected chi connectivity index (χ4v) is 2.03. The third kappa shape index (κ3) is 3.09. The molecule has 1 aliphatic rings. The van der Waals surface area contributed by atoms with Gasteiger partial charge < -0.3 is 0 Å². The summed E-state index contributed by atoms with van der Waals surface area (Å²) in [7, 11) is 0. The zero-order valence-electron chi connectivity index (χ0n) is 10.00. The summed E-state index contributed by atoms with van der Waals surface area (Å²) in [4.78, 5) is 0. The van der Waals surface area contributed by atoms with Crippen molar-refractivity contribution in [2.24, 2.45) is 5.92 Å². The highest BCUT2D eigenvalue weighted by Gasteiger charge is 2.20. The van der Waals surface area contributed by atoms with E-state index in [1.54, 1.807) is 0 Å². The van der Waals surface area contributed by atoms with Crippen LogP contribution < -0.4 is 0 Å². The van der Waals surface area contributed by atoms with E-state index >= 15 is 0 Å². The zero-order chi connectivity index (χ0) is 10.7. The molecule has 0 amide bonds. The van der Waals surface area contributed by atoms with E-state index in [4.69, 9.17) is 0 Å².